The first-order valence-electron chi connectivity index (χ1n) is 4.99. The second-order valence-electron chi connectivity index (χ2n) is 3.70. The van der Waals surface area contributed by atoms with E-state index in [1.807, 2.05) is 0 Å². The topological polar surface area (TPSA) is 50.4 Å². The molecule has 2 aliphatic rings. The van der Waals surface area contributed by atoms with Crippen LogP contribution in [0.1, 0.15) is 19.3 Å². The smallest absolute Gasteiger partial charge is 0.249 e. The Kier molecular flexibility index (Phi) is 2.80. The van der Waals surface area contributed by atoms with Crippen molar-refractivity contribution in [2.45, 2.75) is 31.4 Å². The first-order valence-corrected chi connectivity index (χ1v) is 4.99. The van der Waals surface area contributed by atoms with Crippen LogP contribution >= 0.6 is 0 Å². The van der Waals surface area contributed by atoms with Crippen LogP contribution in [0.4, 0.5) is 0 Å². The maximum absolute atomic E-state index is 11.5. The van der Waals surface area contributed by atoms with Gasteiger partial charge in [-0.1, -0.05) is 0 Å². The molecule has 0 aromatic carbocycles. The summed E-state index contributed by atoms with van der Waals surface area (Å²) in [5.74, 6) is 0.0752. The van der Waals surface area contributed by atoms with E-state index in [4.69, 9.17) is 4.74 Å². The maximum atomic E-state index is 11.5. The molecule has 74 valence electrons. The highest BCUT2D eigenvalue weighted by molar-refractivity contribution is 5.81. The molecule has 0 aromatic heterocycles. The Morgan fingerprint density at radius 2 is 2.38 bits per heavy atom. The van der Waals surface area contributed by atoms with Gasteiger partial charge in [0.25, 0.3) is 0 Å². The zero-order chi connectivity index (χ0) is 9.10. The summed E-state index contributed by atoms with van der Waals surface area (Å²) in [7, 11) is 0. The van der Waals surface area contributed by atoms with Crippen molar-refractivity contribution < 1.29 is 9.53 Å². The van der Waals surface area contributed by atoms with Gasteiger partial charge in [-0.2, -0.15) is 0 Å². The SMILES string of the molecule is O=C(NC1CCNC1)[C@H]1CCCO1. The van der Waals surface area contributed by atoms with Crippen LogP contribution in [-0.2, 0) is 9.53 Å². The summed E-state index contributed by atoms with van der Waals surface area (Å²) in [6.07, 6.45) is 2.76. The van der Waals surface area contributed by atoms with Crippen LogP contribution in [0.3, 0.4) is 0 Å². The van der Waals surface area contributed by atoms with Crippen LogP contribution in [-0.4, -0.2) is 37.7 Å². The second kappa shape index (κ2) is 4.07. The van der Waals surface area contributed by atoms with Gasteiger partial charge in [-0.25, -0.2) is 0 Å². The van der Waals surface area contributed by atoms with E-state index in [1.165, 1.54) is 0 Å². The van der Waals surface area contributed by atoms with E-state index < -0.39 is 0 Å². The Morgan fingerprint density at radius 3 is 3.00 bits per heavy atom. The van der Waals surface area contributed by atoms with Gasteiger partial charge >= 0.3 is 0 Å². The molecular weight excluding hydrogens is 168 g/mol. The van der Waals surface area contributed by atoms with E-state index in [9.17, 15) is 4.79 Å². The highest BCUT2D eigenvalue weighted by Gasteiger charge is 2.26. The minimum atomic E-state index is -0.180. The third-order valence-electron chi connectivity index (χ3n) is 2.63. The molecule has 2 saturated heterocycles. The van der Waals surface area contributed by atoms with E-state index in [2.05, 4.69) is 10.6 Å². The molecular formula is C9H16N2O2. The lowest BCUT2D eigenvalue weighted by Crippen LogP contribution is -2.42. The highest BCUT2D eigenvalue weighted by Crippen LogP contribution is 2.12. The molecule has 2 aliphatic heterocycles. The van der Waals surface area contributed by atoms with Gasteiger partial charge in [-0.3, -0.25) is 4.79 Å². The second-order valence-corrected chi connectivity index (χ2v) is 3.70. The monoisotopic (exact) mass is 184 g/mol. The Labute approximate surface area is 78.0 Å². The van der Waals surface area contributed by atoms with Crippen molar-refractivity contribution in [1.29, 1.82) is 0 Å². The van der Waals surface area contributed by atoms with Gasteiger partial charge in [0.05, 0.1) is 0 Å². The van der Waals surface area contributed by atoms with Crippen LogP contribution < -0.4 is 10.6 Å². The number of nitrogens with one attached hydrogen (secondary N) is 2. The average Bonchev–Trinajstić information content (AvgIpc) is 2.74. The van der Waals surface area contributed by atoms with Gasteiger partial charge in [-0.15, -0.1) is 0 Å². The molecule has 1 unspecified atom stereocenters. The zero-order valence-corrected chi connectivity index (χ0v) is 7.71. The molecule has 13 heavy (non-hydrogen) atoms. The number of rotatable bonds is 2. The lowest BCUT2D eigenvalue weighted by atomic mass is 10.2. The fraction of sp³-hybridized carbons (Fsp3) is 0.889. The van der Waals surface area contributed by atoms with Crippen LogP contribution in [0, 0.1) is 0 Å². The Morgan fingerprint density at radius 1 is 1.46 bits per heavy atom. The molecule has 0 bridgehead atoms. The summed E-state index contributed by atoms with van der Waals surface area (Å²) >= 11 is 0. The maximum Gasteiger partial charge on any atom is 0.249 e. The molecule has 0 aromatic rings. The van der Waals surface area contributed by atoms with Gasteiger partial charge < -0.3 is 15.4 Å². The molecule has 2 fully saturated rings. The largest absolute Gasteiger partial charge is 0.368 e. The van der Waals surface area contributed by atoms with Gasteiger partial charge in [-0.05, 0) is 25.8 Å². The predicted octanol–water partition coefficient (Wildman–Crippen LogP) is -0.357. The van der Waals surface area contributed by atoms with Crippen LogP contribution in [0.15, 0.2) is 0 Å². The van der Waals surface area contributed by atoms with Crippen LogP contribution in [0.2, 0.25) is 0 Å². The summed E-state index contributed by atoms with van der Waals surface area (Å²) in [4.78, 5) is 11.5. The van der Waals surface area contributed by atoms with E-state index in [-0.39, 0.29) is 12.0 Å². The van der Waals surface area contributed by atoms with E-state index in [0.29, 0.717) is 6.04 Å². The molecule has 0 saturated carbocycles. The quantitative estimate of drug-likeness (QED) is 0.616. The summed E-state index contributed by atoms with van der Waals surface area (Å²) in [5, 5.41) is 6.21. The highest BCUT2D eigenvalue weighted by atomic mass is 16.5. The van der Waals surface area contributed by atoms with Gasteiger partial charge in [0.15, 0.2) is 0 Å². The van der Waals surface area contributed by atoms with E-state index in [1.54, 1.807) is 0 Å². The third-order valence-corrected chi connectivity index (χ3v) is 2.63. The first kappa shape index (κ1) is 8.97. The fourth-order valence-electron chi connectivity index (χ4n) is 1.86. The molecule has 2 N–H and O–H groups in total. The first-order chi connectivity index (χ1) is 6.36. The molecule has 2 rings (SSSR count). The number of amides is 1. The molecule has 0 aliphatic carbocycles. The number of carbonyl (C=O) groups excluding carboxylic acids is 1. The molecule has 4 heteroatoms. The van der Waals surface area contributed by atoms with E-state index in [0.717, 1.165) is 39.0 Å². The van der Waals surface area contributed by atoms with Crippen molar-refractivity contribution in [3.8, 4) is 0 Å². The number of hydrogen-bond donors (Lipinski definition) is 2. The zero-order valence-electron chi connectivity index (χ0n) is 7.71. The van der Waals surface area contributed by atoms with Crippen molar-refractivity contribution >= 4 is 5.91 Å². The summed E-state index contributed by atoms with van der Waals surface area (Å²) in [6, 6.07) is 0.316. The summed E-state index contributed by atoms with van der Waals surface area (Å²) in [6.45, 7) is 2.65. The fourth-order valence-corrected chi connectivity index (χ4v) is 1.86. The van der Waals surface area contributed by atoms with Crippen LogP contribution in [0.5, 0.6) is 0 Å². The lowest BCUT2D eigenvalue weighted by Gasteiger charge is -2.14. The van der Waals surface area contributed by atoms with Gasteiger partial charge in [0, 0.05) is 19.2 Å². The van der Waals surface area contributed by atoms with Crippen LogP contribution in [0.25, 0.3) is 0 Å². The molecule has 4 nitrogen and oxygen atoms in total. The molecule has 0 spiro atoms. The molecule has 2 heterocycles. The van der Waals surface area contributed by atoms with Crippen molar-refractivity contribution in [1.82, 2.24) is 10.6 Å². The number of hydrogen-bond acceptors (Lipinski definition) is 3. The van der Waals surface area contributed by atoms with Crippen molar-refractivity contribution in [3.05, 3.63) is 0 Å². The average molecular weight is 184 g/mol. The van der Waals surface area contributed by atoms with E-state index >= 15 is 0 Å². The summed E-state index contributed by atoms with van der Waals surface area (Å²) in [5.41, 5.74) is 0. The minimum Gasteiger partial charge on any atom is -0.368 e. The Bertz CT molecular complexity index is 184. The standard InChI is InChI=1S/C9H16N2O2/c12-9(8-2-1-5-13-8)11-7-3-4-10-6-7/h7-8,10H,1-6H2,(H,11,12)/t7?,8-/m1/s1. The van der Waals surface area contributed by atoms with Crippen molar-refractivity contribution in [2.24, 2.45) is 0 Å². The Hall–Kier alpha value is -0.610. The van der Waals surface area contributed by atoms with Crippen molar-refractivity contribution in [2.75, 3.05) is 19.7 Å². The van der Waals surface area contributed by atoms with Gasteiger partial charge in [0.2, 0.25) is 5.91 Å². The van der Waals surface area contributed by atoms with Crippen molar-refractivity contribution in [3.63, 3.8) is 0 Å². The normalized spacial score (nSPS) is 33.5. The molecule has 1 amide bonds. The summed E-state index contributed by atoms with van der Waals surface area (Å²) < 4.78 is 5.29. The number of carbonyl (C=O) groups is 1. The molecule has 2 atom stereocenters. The Balaban J connectivity index is 1.76. The van der Waals surface area contributed by atoms with Gasteiger partial charge in [0.1, 0.15) is 6.10 Å². The molecule has 0 radical (unpaired) electrons. The predicted molar refractivity (Wildman–Crippen MR) is 48.4 cm³/mol. The minimum absolute atomic E-state index is 0.0752. The number of ether oxygens (including phenoxy) is 1. The third kappa shape index (κ3) is 2.19. The lowest BCUT2D eigenvalue weighted by molar-refractivity contribution is -0.130.